The highest BCUT2D eigenvalue weighted by atomic mass is 79.9. The Balaban J connectivity index is 0.712. The summed E-state index contributed by atoms with van der Waals surface area (Å²) < 4.78 is 43.1. The van der Waals surface area contributed by atoms with Gasteiger partial charge in [-0.25, -0.2) is 24.1 Å². The fourth-order valence-corrected chi connectivity index (χ4v) is 13.2. The first-order valence-corrected chi connectivity index (χ1v) is 29.9. The van der Waals surface area contributed by atoms with E-state index >= 15 is 4.39 Å². The maximum Gasteiger partial charge on any atom is 0.420 e. The predicted molar refractivity (Wildman–Crippen MR) is 296 cm³/mol. The van der Waals surface area contributed by atoms with E-state index in [4.69, 9.17) is 14.1 Å². The molecule has 2 amide bonds. The van der Waals surface area contributed by atoms with Gasteiger partial charge in [0, 0.05) is 106 Å². The molecule has 4 aliphatic rings. The lowest BCUT2D eigenvalue weighted by molar-refractivity contribution is -0.135. The van der Waals surface area contributed by atoms with Crippen molar-refractivity contribution in [2.45, 2.75) is 90.6 Å². The SMILES string of the molecule is CCOc1cc(N2CCC(N3CCN(CCC4CCN(c5ccc6c(oc(=O)n6C6CCC(=O)NC6=O)c5F)CC4)CC3)CC2)c(CC)cc1Nc1ncc(Br)c(Nc2ccc3nc(CC)ncc3c2P(C)(C)=O)n1. The predicted octanol–water partition coefficient (Wildman–Crippen LogP) is 8.36. The highest BCUT2D eigenvalue weighted by molar-refractivity contribution is 9.10. The van der Waals surface area contributed by atoms with Gasteiger partial charge in [-0.3, -0.25) is 24.4 Å². The number of nitrogens with one attached hydrogen (secondary N) is 3. The quantitative estimate of drug-likeness (QED) is 0.0617. The van der Waals surface area contributed by atoms with E-state index in [1.165, 1.54) is 15.8 Å². The summed E-state index contributed by atoms with van der Waals surface area (Å²) in [4.78, 5) is 65.6. The standard InChI is InChI=1S/C54H67BrFN12O6P/c1-6-34-29-40(61-53-58-32-37(55)51(63-53)60-39-10-9-38-36(50(39)75(4,5)72)31-57-46(7-2)59-38)45(73-8-3)30-44(34)67-23-18-35(19-24-67)65-27-25-64(26-28-65)20-15-33-16-21-66(22-17-33)41-11-12-42-49(48(41)56)74-54(71)68(42)43-13-14-47(69)62-52(43)70/h9-12,29-33,35,43H,6-8,13-28H2,1-5H3,(H,62,69,70)(H2,58,60,61,63). The largest absolute Gasteiger partial charge is 0.492 e. The normalized spacial score (nSPS) is 18.8. The zero-order valence-corrected chi connectivity index (χ0v) is 45.9. The van der Waals surface area contributed by atoms with Crippen molar-refractivity contribution in [2.75, 3.05) is 99.3 Å². The Morgan fingerprint density at radius 3 is 2.29 bits per heavy atom. The van der Waals surface area contributed by atoms with Crippen LogP contribution >= 0.6 is 23.1 Å². The maximum atomic E-state index is 15.9. The number of carbonyl (C=O) groups is 2. The number of carbonyl (C=O) groups excluding carboxylic acids is 2. The molecular weight excluding hydrogens is 1040 g/mol. The number of aryl methyl sites for hydroxylation is 2. The molecule has 7 heterocycles. The Labute approximate surface area is 444 Å². The summed E-state index contributed by atoms with van der Waals surface area (Å²) in [5.74, 6) is 0.558. The summed E-state index contributed by atoms with van der Waals surface area (Å²) in [6.45, 7) is 18.8. The van der Waals surface area contributed by atoms with Crippen LogP contribution in [0.2, 0.25) is 0 Å². The minimum atomic E-state index is -2.79. The van der Waals surface area contributed by atoms with E-state index in [1.54, 1.807) is 37.9 Å². The molecule has 1 atom stereocenters. The summed E-state index contributed by atoms with van der Waals surface area (Å²) in [6, 6.07) is 11.1. The Morgan fingerprint density at radius 1 is 0.840 bits per heavy atom. The van der Waals surface area contributed by atoms with Gasteiger partial charge in [0.1, 0.15) is 30.6 Å². The fraction of sp³-hybridized carbons (Fsp3) is 0.500. The lowest BCUT2D eigenvalue weighted by Gasteiger charge is -2.44. The summed E-state index contributed by atoms with van der Waals surface area (Å²) in [5, 5.41) is 10.6. The minimum absolute atomic E-state index is 0.101. The average Bonchev–Trinajstić information content (AvgIpc) is 3.75. The van der Waals surface area contributed by atoms with E-state index in [9.17, 15) is 18.9 Å². The fourth-order valence-electron chi connectivity index (χ4n) is 11.5. The van der Waals surface area contributed by atoms with Gasteiger partial charge in [0.05, 0.1) is 39.2 Å². The first kappa shape index (κ1) is 52.5. The Morgan fingerprint density at radius 2 is 1.59 bits per heavy atom. The van der Waals surface area contributed by atoms with Crippen LogP contribution in [0.15, 0.2) is 62.5 Å². The molecule has 75 heavy (non-hydrogen) atoms. The molecule has 21 heteroatoms. The van der Waals surface area contributed by atoms with Crippen molar-refractivity contribution in [1.82, 2.24) is 39.6 Å². The van der Waals surface area contributed by atoms with E-state index in [0.717, 1.165) is 113 Å². The number of oxazole rings is 1. The highest BCUT2D eigenvalue weighted by Crippen LogP contribution is 2.43. The van der Waals surface area contributed by atoms with Gasteiger partial charge < -0.3 is 39.1 Å². The molecule has 3 N–H and O–H groups in total. The highest BCUT2D eigenvalue weighted by Gasteiger charge is 2.34. The number of anilines is 6. The number of fused-ring (bicyclic) bond motifs is 2. The number of piperidine rings is 3. The van der Waals surface area contributed by atoms with Crippen molar-refractivity contribution >= 4 is 96.7 Å². The summed E-state index contributed by atoms with van der Waals surface area (Å²) in [7, 11) is -2.79. The number of hydrogen-bond donors (Lipinski definition) is 3. The smallest absolute Gasteiger partial charge is 0.420 e. The van der Waals surface area contributed by atoms with E-state index < -0.39 is 30.7 Å². The van der Waals surface area contributed by atoms with Gasteiger partial charge >= 0.3 is 5.76 Å². The van der Waals surface area contributed by atoms with Crippen LogP contribution in [0.4, 0.5) is 38.9 Å². The molecule has 398 valence electrons. The average molecular weight is 1110 g/mol. The van der Waals surface area contributed by atoms with Crippen LogP contribution in [-0.4, -0.2) is 131 Å². The van der Waals surface area contributed by atoms with Crippen LogP contribution in [0, 0.1) is 11.7 Å². The zero-order valence-electron chi connectivity index (χ0n) is 43.5. The van der Waals surface area contributed by atoms with Crippen LogP contribution in [0.3, 0.4) is 0 Å². The molecule has 0 spiro atoms. The number of nitrogens with zero attached hydrogens (tertiary/aromatic N) is 9. The molecule has 6 aromatic rings. The molecular formula is C54H67BrFN12O6P. The van der Waals surface area contributed by atoms with Crippen LogP contribution in [0.25, 0.3) is 22.0 Å². The molecule has 1 unspecified atom stereocenters. The number of amides is 2. The number of benzene rings is 3. The monoisotopic (exact) mass is 1110 g/mol. The van der Waals surface area contributed by atoms with Crippen molar-refractivity contribution in [3.05, 3.63) is 81.0 Å². The van der Waals surface area contributed by atoms with Crippen molar-refractivity contribution in [2.24, 2.45) is 5.92 Å². The van der Waals surface area contributed by atoms with Gasteiger partial charge in [0.25, 0.3) is 0 Å². The van der Waals surface area contributed by atoms with E-state index in [2.05, 4.69) is 80.6 Å². The van der Waals surface area contributed by atoms with E-state index in [1.807, 2.05) is 30.9 Å². The number of halogens is 2. The third-order valence-corrected chi connectivity index (χ3v) is 17.6. The van der Waals surface area contributed by atoms with Crippen LogP contribution in [0.1, 0.15) is 83.1 Å². The molecule has 0 radical (unpaired) electrons. The number of hydrogen-bond acceptors (Lipinski definition) is 16. The second-order valence-corrected chi connectivity index (χ2v) is 24.6. The molecule has 0 saturated carbocycles. The second kappa shape index (κ2) is 22.3. The summed E-state index contributed by atoms with van der Waals surface area (Å²) >= 11 is 3.64. The van der Waals surface area contributed by atoms with Crippen LogP contribution in [-0.2, 0) is 27.0 Å². The number of piperazine rings is 1. The second-order valence-electron chi connectivity index (χ2n) is 20.6. The van der Waals surface area contributed by atoms with E-state index in [-0.39, 0.29) is 29.8 Å². The summed E-state index contributed by atoms with van der Waals surface area (Å²) in [5.41, 5.74) is 5.09. The summed E-state index contributed by atoms with van der Waals surface area (Å²) in [6.07, 6.45) is 10.5. The molecule has 4 saturated heterocycles. The van der Waals surface area contributed by atoms with Gasteiger partial charge in [-0.2, -0.15) is 4.98 Å². The van der Waals surface area contributed by atoms with Crippen LogP contribution in [0.5, 0.6) is 5.75 Å². The lowest BCUT2D eigenvalue weighted by Crippen LogP contribution is -2.53. The topological polar surface area (TPSA) is 196 Å². The molecule has 0 aliphatic carbocycles. The molecule has 10 rings (SSSR count). The number of ether oxygens (including phenoxy) is 1. The molecule has 3 aromatic heterocycles. The molecule has 0 bridgehead atoms. The molecule has 4 aliphatic heterocycles. The van der Waals surface area contributed by atoms with Crippen molar-refractivity contribution < 1.29 is 27.7 Å². The molecule has 18 nitrogen and oxygen atoms in total. The van der Waals surface area contributed by atoms with Gasteiger partial charge in [-0.15, -0.1) is 0 Å². The van der Waals surface area contributed by atoms with Gasteiger partial charge in [-0.1, -0.05) is 13.8 Å². The molecule has 3 aromatic carbocycles. The van der Waals surface area contributed by atoms with Gasteiger partial charge in [-0.05, 0) is 129 Å². The number of aromatic nitrogens is 5. The van der Waals surface area contributed by atoms with Crippen molar-refractivity contribution in [1.29, 1.82) is 0 Å². The third kappa shape index (κ3) is 11.2. The Bertz CT molecular complexity index is 3220. The Hall–Kier alpha value is -5.95. The molecule has 4 fully saturated rings. The van der Waals surface area contributed by atoms with Crippen molar-refractivity contribution in [3.63, 3.8) is 0 Å². The Kier molecular flexibility index (Phi) is 15.6. The third-order valence-electron chi connectivity index (χ3n) is 15.5. The number of imide groups is 1. The lowest BCUT2D eigenvalue weighted by atomic mass is 9.92. The number of rotatable bonds is 16. The first-order valence-electron chi connectivity index (χ1n) is 26.5. The van der Waals surface area contributed by atoms with Crippen LogP contribution < -0.4 is 41.5 Å². The van der Waals surface area contributed by atoms with Gasteiger partial charge in [0.2, 0.25) is 17.8 Å². The zero-order chi connectivity index (χ0) is 52.5. The maximum absolute atomic E-state index is 15.9. The van der Waals surface area contributed by atoms with E-state index in [0.29, 0.717) is 71.0 Å². The van der Waals surface area contributed by atoms with Gasteiger partial charge in [0.15, 0.2) is 11.4 Å². The first-order chi connectivity index (χ1) is 36.2. The minimum Gasteiger partial charge on any atom is -0.492 e. The van der Waals surface area contributed by atoms with Crippen molar-refractivity contribution in [3.8, 4) is 5.75 Å².